The van der Waals surface area contributed by atoms with E-state index in [9.17, 15) is 9.59 Å². The molecule has 0 bridgehead atoms. The summed E-state index contributed by atoms with van der Waals surface area (Å²) in [6.45, 7) is 1.57. The molecule has 0 amide bonds. The molecule has 204 valence electrons. The first-order valence-corrected chi connectivity index (χ1v) is 14.2. The van der Waals surface area contributed by atoms with Crippen LogP contribution in [0.15, 0.2) is 82.3 Å². The molecular formula is C28H20Br3N3O6. The van der Waals surface area contributed by atoms with Crippen LogP contribution in [0.25, 0.3) is 33.5 Å². The molecule has 5 rings (SSSR count). The van der Waals surface area contributed by atoms with Crippen LogP contribution in [0.5, 0.6) is 11.5 Å². The van der Waals surface area contributed by atoms with Crippen molar-refractivity contribution in [1.29, 1.82) is 0 Å². The summed E-state index contributed by atoms with van der Waals surface area (Å²) in [4.78, 5) is 30.2. The van der Waals surface area contributed by atoms with Crippen LogP contribution in [0.1, 0.15) is 12.5 Å². The first-order valence-electron chi connectivity index (χ1n) is 11.8. The van der Waals surface area contributed by atoms with Crippen molar-refractivity contribution in [2.45, 2.75) is 13.0 Å². The first-order chi connectivity index (χ1) is 19.2. The third kappa shape index (κ3) is 5.30. The predicted octanol–water partition coefficient (Wildman–Crippen LogP) is 6.93. The highest BCUT2D eigenvalue weighted by atomic mass is 79.9. The SMILES string of the molecule is COC(=O)[C@@H](C)Oc1c(OC)cc(C=Nn2c(-c3cc4cc(Br)ccc4o3)nc3ccccc3c2=O)c(Br)c1Br. The molecule has 40 heavy (non-hydrogen) atoms. The number of aromatic nitrogens is 2. The lowest BCUT2D eigenvalue weighted by atomic mass is 10.2. The van der Waals surface area contributed by atoms with Gasteiger partial charge in [-0.15, -0.1) is 0 Å². The third-order valence-corrected chi connectivity index (χ3v) is 8.60. The van der Waals surface area contributed by atoms with Crippen molar-refractivity contribution in [3.05, 3.63) is 83.9 Å². The van der Waals surface area contributed by atoms with Crippen molar-refractivity contribution in [2.24, 2.45) is 5.10 Å². The Labute approximate surface area is 253 Å². The Morgan fingerprint density at radius 3 is 2.60 bits per heavy atom. The summed E-state index contributed by atoms with van der Waals surface area (Å²) >= 11 is 10.5. The summed E-state index contributed by atoms with van der Waals surface area (Å²) in [5, 5.41) is 5.77. The van der Waals surface area contributed by atoms with E-state index >= 15 is 0 Å². The van der Waals surface area contributed by atoms with Gasteiger partial charge in [0.25, 0.3) is 5.56 Å². The van der Waals surface area contributed by atoms with Gasteiger partial charge in [-0.2, -0.15) is 9.78 Å². The van der Waals surface area contributed by atoms with Gasteiger partial charge in [0.15, 0.2) is 23.4 Å². The predicted molar refractivity (Wildman–Crippen MR) is 162 cm³/mol. The zero-order valence-electron chi connectivity index (χ0n) is 21.3. The van der Waals surface area contributed by atoms with E-state index in [1.165, 1.54) is 25.1 Å². The standard InChI is InChI=1S/C28H20Br3N3O6/c1-14(28(36)38-3)39-25-21(37-2)12-16(23(30)24(25)31)13-32-34-26(33-19-7-5-4-6-18(19)27(34)35)22-11-15-10-17(29)8-9-20(15)40-22/h4-14H,1-3H3/t14-/m1/s1. The Balaban J connectivity index is 1.64. The number of carbonyl (C=O) groups excluding carboxylic acids is 1. The molecule has 3 aromatic carbocycles. The number of carbonyl (C=O) groups is 1. The van der Waals surface area contributed by atoms with Gasteiger partial charge in [0.2, 0.25) is 5.82 Å². The van der Waals surface area contributed by atoms with Crippen molar-refractivity contribution in [3.8, 4) is 23.1 Å². The van der Waals surface area contributed by atoms with E-state index in [4.69, 9.17) is 23.6 Å². The maximum atomic E-state index is 13.6. The fraction of sp³-hybridized carbons (Fsp3) is 0.143. The van der Waals surface area contributed by atoms with E-state index < -0.39 is 12.1 Å². The van der Waals surface area contributed by atoms with Gasteiger partial charge in [-0.25, -0.2) is 9.78 Å². The molecule has 0 aliphatic carbocycles. The molecular weight excluding hydrogens is 714 g/mol. The van der Waals surface area contributed by atoms with Crippen LogP contribution in [-0.2, 0) is 9.53 Å². The number of methoxy groups -OCH3 is 2. The van der Waals surface area contributed by atoms with Crippen LogP contribution in [0.2, 0.25) is 0 Å². The monoisotopic (exact) mass is 731 g/mol. The van der Waals surface area contributed by atoms with E-state index in [2.05, 4.69) is 52.9 Å². The number of furan rings is 1. The maximum absolute atomic E-state index is 13.6. The molecule has 0 unspecified atom stereocenters. The van der Waals surface area contributed by atoms with Gasteiger partial charge in [-0.3, -0.25) is 4.79 Å². The van der Waals surface area contributed by atoms with Gasteiger partial charge in [-0.1, -0.05) is 28.1 Å². The Bertz CT molecular complexity index is 1860. The van der Waals surface area contributed by atoms with Crippen LogP contribution in [0, 0.1) is 0 Å². The average Bonchev–Trinajstić information content (AvgIpc) is 3.38. The summed E-state index contributed by atoms with van der Waals surface area (Å²) in [5.41, 5.74) is 1.35. The molecule has 0 aliphatic rings. The highest BCUT2D eigenvalue weighted by Crippen LogP contribution is 2.43. The summed E-state index contributed by atoms with van der Waals surface area (Å²) in [6.07, 6.45) is 0.613. The average molecular weight is 734 g/mol. The number of nitrogens with zero attached hydrogens (tertiary/aromatic N) is 3. The van der Waals surface area contributed by atoms with Crippen LogP contribution < -0.4 is 15.0 Å². The number of para-hydroxylation sites is 1. The molecule has 0 saturated carbocycles. The van der Waals surface area contributed by atoms with E-state index in [0.29, 0.717) is 48.3 Å². The Kier molecular flexibility index (Phi) is 8.11. The molecule has 0 saturated heterocycles. The van der Waals surface area contributed by atoms with Crippen LogP contribution >= 0.6 is 47.8 Å². The van der Waals surface area contributed by atoms with Gasteiger partial charge in [0.05, 0.1) is 35.8 Å². The number of esters is 1. The Hall–Kier alpha value is -3.48. The molecule has 2 heterocycles. The minimum atomic E-state index is -0.879. The largest absolute Gasteiger partial charge is 0.493 e. The first kappa shape index (κ1) is 28.1. The summed E-state index contributed by atoms with van der Waals surface area (Å²) < 4.78 is 25.3. The quantitative estimate of drug-likeness (QED) is 0.132. The fourth-order valence-corrected chi connectivity index (χ4v) is 5.28. The lowest BCUT2D eigenvalue weighted by Crippen LogP contribution is -2.25. The zero-order chi connectivity index (χ0) is 28.6. The number of rotatable bonds is 7. The minimum absolute atomic E-state index is 0.237. The Morgan fingerprint density at radius 2 is 1.85 bits per heavy atom. The van der Waals surface area contributed by atoms with Gasteiger partial charge in [-0.05, 0) is 81.2 Å². The third-order valence-electron chi connectivity index (χ3n) is 5.97. The number of hydrogen-bond acceptors (Lipinski definition) is 8. The van der Waals surface area contributed by atoms with Gasteiger partial charge >= 0.3 is 5.97 Å². The molecule has 1 atom stereocenters. The molecule has 9 nitrogen and oxygen atoms in total. The molecule has 5 aromatic rings. The van der Waals surface area contributed by atoms with Crippen molar-refractivity contribution in [1.82, 2.24) is 9.66 Å². The van der Waals surface area contributed by atoms with Crippen LogP contribution in [0.4, 0.5) is 0 Å². The summed E-state index contributed by atoms with van der Waals surface area (Å²) in [5.74, 6) is 0.708. The van der Waals surface area contributed by atoms with Crippen molar-refractivity contribution < 1.29 is 23.4 Å². The molecule has 0 radical (unpaired) electrons. The van der Waals surface area contributed by atoms with E-state index in [-0.39, 0.29) is 11.4 Å². The van der Waals surface area contributed by atoms with Gasteiger partial charge in [0, 0.05) is 19.9 Å². The van der Waals surface area contributed by atoms with E-state index in [1.807, 2.05) is 30.3 Å². The number of ether oxygens (including phenoxy) is 3. The zero-order valence-corrected chi connectivity index (χ0v) is 26.0. The fourth-order valence-electron chi connectivity index (χ4n) is 3.99. The molecule has 2 aromatic heterocycles. The number of hydrogen-bond donors (Lipinski definition) is 0. The Morgan fingerprint density at radius 1 is 1.07 bits per heavy atom. The lowest BCUT2D eigenvalue weighted by Gasteiger charge is -2.18. The molecule has 12 heteroatoms. The van der Waals surface area contributed by atoms with Gasteiger partial charge < -0.3 is 18.6 Å². The topological polar surface area (TPSA) is 105 Å². The maximum Gasteiger partial charge on any atom is 0.346 e. The second-order valence-corrected chi connectivity index (χ2v) is 11.0. The lowest BCUT2D eigenvalue weighted by molar-refractivity contribution is -0.147. The van der Waals surface area contributed by atoms with Crippen molar-refractivity contribution in [2.75, 3.05) is 14.2 Å². The number of halogens is 3. The number of fused-ring (bicyclic) bond motifs is 2. The highest BCUT2D eigenvalue weighted by Gasteiger charge is 2.23. The summed E-state index contributed by atoms with van der Waals surface area (Å²) in [7, 11) is 2.76. The van der Waals surface area contributed by atoms with Gasteiger partial charge in [0.1, 0.15) is 5.58 Å². The highest BCUT2D eigenvalue weighted by molar-refractivity contribution is 9.13. The molecule has 0 fully saturated rings. The normalized spacial score (nSPS) is 12.2. The second-order valence-electron chi connectivity index (χ2n) is 8.52. The summed E-state index contributed by atoms with van der Waals surface area (Å²) in [6, 6.07) is 16.1. The van der Waals surface area contributed by atoms with Crippen LogP contribution in [0.3, 0.4) is 0 Å². The van der Waals surface area contributed by atoms with E-state index in [0.717, 1.165) is 9.86 Å². The van der Waals surface area contributed by atoms with Crippen molar-refractivity contribution >= 4 is 81.8 Å². The van der Waals surface area contributed by atoms with Crippen LogP contribution in [-0.4, -0.2) is 42.2 Å². The second kappa shape index (κ2) is 11.6. The molecule has 0 aliphatic heterocycles. The minimum Gasteiger partial charge on any atom is -0.493 e. The molecule has 0 N–H and O–H groups in total. The van der Waals surface area contributed by atoms with Crippen molar-refractivity contribution in [3.63, 3.8) is 0 Å². The number of benzene rings is 3. The smallest absolute Gasteiger partial charge is 0.346 e. The molecule has 0 spiro atoms. The van der Waals surface area contributed by atoms with E-state index in [1.54, 1.807) is 31.2 Å².